The molecule has 5 nitrogen and oxygen atoms in total. The Labute approximate surface area is 125 Å². The normalized spacial score (nSPS) is 15.4. The fourth-order valence-corrected chi connectivity index (χ4v) is 2.50. The first-order valence-corrected chi connectivity index (χ1v) is 7.56. The maximum absolute atomic E-state index is 11.7. The van der Waals surface area contributed by atoms with E-state index in [1.54, 1.807) is 0 Å². The number of hydrogen-bond donors (Lipinski definition) is 3. The smallest absolute Gasteiger partial charge is 0.238 e. The number of rotatable bonds is 5. The summed E-state index contributed by atoms with van der Waals surface area (Å²) in [6, 6.07) is 9.83. The molecule has 1 heterocycles. The average Bonchev–Trinajstić information content (AvgIpc) is 2.53. The van der Waals surface area contributed by atoms with Gasteiger partial charge in [-0.2, -0.15) is 0 Å². The van der Waals surface area contributed by atoms with Gasteiger partial charge in [0.1, 0.15) is 0 Å². The third-order valence-electron chi connectivity index (χ3n) is 3.76. The van der Waals surface area contributed by atoms with Crippen molar-refractivity contribution in [3.05, 3.63) is 35.9 Å². The molecule has 0 radical (unpaired) electrons. The summed E-state index contributed by atoms with van der Waals surface area (Å²) >= 11 is 0. The Hall–Kier alpha value is -1.88. The molecule has 2 rings (SSSR count). The number of carbonyl (C=O) groups excluding carboxylic acids is 2. The lowest BCUT2D eigenvalue weighted by Gasteiger charge is -2.21. The number of hydrogen-bond acceptors (Lipinski definition) is 3. The maximum atomic E-state index is 11.7. The molecular formula is C16H23N3O2. The van der Waals surface area contributed by atoms with Crippen molar-refractivity contribution in [2.75, 3.05) is 13.1 Å². The molecule has 2 amide bonds. The predicted octanol–water partition coefficient (Wildman–Crippen LogP) is 1.16. The topological polar surface area (TPSA) is 70.2 Å². The molecule has 1 aliphatic rings. The minimum absolute atomic E-state index is 0.102. The molecule has 0 spiro atoms. The summed E-state index contributed by atoms with van der Waals surface area (Å²) in [5, 5.41) is 3.27. The van der Waals surface area contributed by atoms with Crippen LogP contribution in [0.2, 0.25) is 0 Å². The number of aryl methyl sites for hydroxylation is 1. The molecule has 0 unspecified atom stereocenters. The van der Waals surface area contributed by atoms with Gasteiger partial charge in [-0.3, -0.25) is 20.4 Å². The van der Waals surface area contributed by atoms with Crippen LogP contribution >= 0.6 is 0 Å². The molecule has 0 bridgehead atoms. The molecule has 114 valence electrons. The summed E-state index contributed by atoms with van der Waals surface area (Å²) in [6.07, 6.45) is 3.58. The van der Waals surface area contributed by atoms with Crippen LogP contribution in [0, 0.1) is 5.92 Å². The monoisotopic (exact) mass is 289 g/mol. The van der Waals surface area contributed by atoms with E-state index in [0.29, 0.717) is 25.2 Å². The minimum Gasteiger partial charge on any atom is -0.317 e. The van der Waals surface area contributed by atoms with Crippen molar-refractivity contribution in [2.24, 2.45) is 5.92 Å². The van der Waals surface area contributed by atoms with E-state index in [9.17, 15) is 9.59 Å². The van der Waals surface area contributed by atoms with E-state index >= 15 is 0 Å². The van der Waals surface area contributed by atoms with Crippen molar-refractivity contribution < 1.29 is 9.59 Å². The van der Waals surface area contributed by atoms with E-state index in [0.717, 1.165) is 31.5 Å². The highest BCUT2D eigenvalue weighted by molar-refractivity contribution is 5.82. The number of benzene rings is 1. The van der Waals surface area contributed by atoms with Crippen LogP contribution in [0.15, 0.2) is 30.3 Å². The standard InChI is InChI=1S/C16H23N3O2/c20-15(7-6-13-4-2-1-3-5-13)18-19-16(21)12-14-8-10-17-11-9-14/h1-5,14,17H,6-12H2,(H,18,20)(H,19,21). The number of piperidine rings is 1. The third-order valence-corrected chi connectivity index (χ3v) is 3.76. The SMILES string of the molecule is O=C(CCc1ccccc1)NNC(=O)CC1CCNCC1. The zero-order valence-corrected chi connectivity index (χ0v) is 12.2. The third kappa shape index (κ3) is 5.95. The fourth-order valence-electron chi connectivity index (χ4n) is 2.50. The summed E-state index contributed by atoms with van der Waals surface area (Å²) in [7, 11) is 0. The Morgan fingerprint density at radius 1 is 1.05 bits per heavy atom. The van der Waals surface area contributed by atoms with Gasteiger partial charge in [0.25, 0.3) is 0 Å². The van der Waals surface area contributed by atoms with E-state index < -0.39 is 0 Å². The molecule has 3 N–H and O–H groups in total. The first-order valence-electron chi connectivity index (χ1n) is 7.56. The second-order valence-corrected chi connectivity index (χ2v) is 5.48. The predicted molar refractivity (Wildman–Crippen MR) is 81.3 cm³/mol. The van der Waals surface area contributed by atoms with Gasteiger partial charge < -0.3 is 5.32 Å². The molecule has 1 aliphatic heterocycles. The highest BCUT2D eigenvalue weighted by atomic mass is 16.2. The molecule has 1 aromatic carbocycles. The van der Waals surface area contributed by atoms with Crippen molar-refractivity contribution in [1.29, 1.82) is 0 Å². The number of hydrazine groups is 1. The molecule has 0 aliphatic carbocycles. The van der Waals surface area contributed by atoms with Gasteiger partial charge in [-0.25, -0.2) is 0 Å². The number of carbonyl (C=O) groups is 2. The van der Waals surface area contributed by atoms with Gasteiger partial charge >= 0.3 is 0 Å². The minimum atomic E-state index is -0.155. The van der Waals surface area contributed by atoms with E-state index in [1.807, 2.05) is 30.3 Å². The van der Waals surface area contributed by atoms with E-state index in [2.05, 4.69) is 16.2 Å². The summed E-state index contributed by atoms with van der Waals surface area (Å²) < 4.78 is 0. The lowest BCUT2D eigenvalue weighted by molar-refractivity contribution is -0.129. The second kappa shape index (κ2) is 8.42. The van der Waals surface area contributed by atoms with Crippen LogP contribution in [0.5, 0.6) is 0 Å². The summed E-state index contributed by atoms with van der Waals surface area (Å²) in [6.45, 7) is 1.95. The molecule has 1 fully saturated rings. The van der Waals surface area contributed by atoms with E-state index in [4.69, 9.17) is 0 Å². The van der Waals surface area contributed by atoms with Crippen LogP contribution in [0.1, 0.15) is 31.2 Å². The van der Waals surface area contributed by atoms with E-state index in [1.165, 1.54) is 0 Å². The Kier molecular flexibility index (Phi) is 6.22. The van der Waals surface area contributed by atoms with Crippen LogP contribution in [0.25, 0.3) is 0 Å². The van der Waals surface area contributed by atoms with Gasteiger partial charge in [-0.05, 0) is 43.8 Å². The first-order chi connectivity index (χ1) is 10.2. The number of amides is 2. The summed E-state index contributed by atoms with van der Waals surface area (Å²) in [5.41, 5.74) is 6.11. The quantitative estimate of drug-likeness (QED) is 0.712. The van der Waals surface area contributed by atoms with Crippen LogP contribution in [-0.4, -0.2) is 24.9 Å². The Morgan fingerprint density at radius 3 is 2.43 bits per heavy atom. The first kappa shape index (κ1) is 15.5. The van der Waals surface area contributed by atoms with Crippen LogP contribution < -0.4 is 16.2 Å². The molecule has 0 aromatic heterocycles. The van der Waals surface area contributed by atoms with Crippen molar-refractivity contribution in [2.45, 2.75) is 32.1 Å². The van der Waals surface area contributed by atoms with Crippen molar-refractivity contribution in [1.82, 2.24) is 16.2 Å². The highest BCUT2D eigenvalue weighted by Crippen LogP contribution is 2.15. The van der Waals surface area contributed by atoms with Gasteiger partial charge in [0, 0.05) is 12.8 Å². The lowest BCUT2D eigenvalue weighted by Crippen LogP contribution is -2.43. The molecule has 0 atom stereocenters. The number of nitrogens with one attached hydrogen (secondary N) is 3. The second-order valence-electron chi connectivity index (χ2n) is 5.48. The molecule has 21 heavy (non-hydrogen) atoms. The zero-order chi connectivity index (χ0) is 14.9. The molecule has 1 saturated heterocycles. The van der Waals surface area contributed by atoms with Gasteiger partial charge in [0.15, 0.2) is 0 Å². The molecule has 0 saturated carbocycles. The highest BCUT2D eigenvalue weighted by Gasteiger charge is 2.16. The zero-order valence-electron chi connectivity index (χ0n) is 12.2. The van der Waals surface area contributed by atoms with Crippen molar-refractivity contribution in [3.8, 4) is 0 Å². The molecular weight excluding hydrogens is 266 g/mol. The molecule has 5 heteroatoms. The largest absolute Gasteiger partial charge is 0.317 e. The Morgan fingerprint density at radius 2 is 1.71 bits per heavy atom. The summed E-state index contributed by atoms with van der Waals surface area (Å²) in [4.78, 5) is 23.4. The van der Waals surface area contributed by atoms with Crippen molar-refractivity contribution >= 4 is 11.8 Å². The lowest BCUT2D eigenvalue weighted by atomic mass is 9.94. The van der Waals surface area contributed by atoms with Gasteiger partial charge in [-0.15, -0.1) is 0 Å². The van der Waals surface area contributed by atoms with Crippen LogP contribution in [0.4, 0.5) is 0 Å². The molecule has 1 aromatic rings. The van der Waals surface area contributed by atoms with Crippen molar-refractivity contribution in [3.63, 3.8) is 0 Å². The fraction of sp³-hybridized carbons (Fsp3) is 0.500. The van der Waals surface area contributed by atoms with E-state index in [-0.39, 0.29) is 11.8 Å². The average molecular weight is 289 g/mol. The van der Waals surface area contributed by atoms with Gasteiger partial charge in [-0.1, -0.05) is 30.3 Å². The van der Waals surface area contributed by atoms with Gasteiger partial charge in [0.05, 0.1) is 0 Å². The van der Waals surface area contributed by atoms with Crippen LogP contribution in [-0.2, 0) is 16.0 Å². The van der Waals surface area contributed by atoms with Gasteiger partial charge in [0.2, 0.25) is 11.8 Å². The maximum Gasteiger partial charge on any atom is 0.238 e. The Balaban J connectivity index is 1.60. The Bertz CT molecular complexity index is 456. The summed E-state index contributed by atoms with van der Waals surface area (Å²) in [5.74, 6) is 0.167. The van der Waals surface area contributed by atoms with Crippen LogP contribution in [0.3, 0.4) is 0 Å².